The van der Waals surface area contributed by atoms with Crippen LogP contribution in [0.4, 0.5) is 14.4 Å². The van der Waals surface area contributed by atoms with E-state index >= 15 is 8.63 Å². The summed E-state index contributed by atoms with van der Waals surface area (Å²) in [6, 6.07) is 7.87. The van der Waals surface area contributed by atoms with Crippen LogP contribution in [0.5, 0.6) is 5.75 Å². The van der Waals surface area contributed by atoms with Crippen molar-refractivity contribution in [3.05, 3.63) is 103 Å². The molecule has 3 aromatic rings. The molecule has 0 spiro atoms. The summed E-state index contributed by atoms with van der Waals surface area (Å²) in [4.78, 5) is 94.1. The first-order chi connectivity index (χ1) is 37.3. The molecule has 2 amide bonds. The van der Waals surface area contributed by atoms with E-state index in [-0.39, 0.29) is 93.7 Å². The van der Waals surface area contributed by atoms with E-state index in [0.29, 0.717) is 29.2 Å². The summed E-state index contributed by atoms with van der Waals surface area (Å²) in [5.74, 6) is 4.15. The predicted molar refractivity (Wildman–Crippen MR) is 274 cm³/mol. The summed E-state index contributed by atoms with van der Waals surface area (Å²) in [5.41, 5.74) is 16.8. The third-order valence-electron chi connectivity index (χ3n) is 11.7. The summed E-state index contributed by atoms with van der Waals surface area (Å²) in [6.45, 7) is -0.787. The van der Waals surface area contributed by atoms with Gasteiger partial charge in [-0.25, -0.2) is 18.5 Å². The smallest absolute Gasteiger partial charge is 0.491 e. The maximum Gasteiger partial charge on any atom is 0.737 e. The summed E-state index contributed by atoms with van der Waals surface area (Å²) >= 11 is 0. The van der Waals surface area contributed by atoms with E-state index in [1.807, 2.05) is 0 Å². The number of fused-ring (bicyclic) bond motifs is 2. The van der Waals surface area contributed by atoms with Gasteiger partial charge < -0.3 is 77.2 Å². The van der Waals surface area contributed by atoms with E-state index in [4.69, 9.17) is 44.7 Å². The van der Waals surface area contributed by atoms with Gasteiger partial charge in [0.1, 0.15) is 48.6 Å². The molecule has 5 heterocycles. The summed E-state index contributed by atoms with van der Waals surface area (Å²) in [7, 11) is -16.9. The van der Waals surface area contributed by atoms with Crippen molar-refractivity contribution in [1.29, 1.82) is 0 Å². The maximum absolute atomic E-state index is 15.7. The number of benzene rings is 1. The first-order valence-electron chi connectivity index (χ1n) is 24.0. The van der Waals surface area contributed by atoms with E-state index in [9.17, 15) is 42.7 Å². The van der Waals surface area contributed by atoms with E-state index < -0.39 is 85.8 Å². The quantitative estimate of drug-likeness (QED) is 0.00991. The summed E-state index contributed by atoms with van der Waals surface area (Å²) < 4.78 is 109. The molecule has 29 nitrogen and oxygen atoms in total. The number of rotatable bonds is 29. The fourth-order valence-electron chi connectivity index (χ4n) is 8.35. The highest BCUT2D eigenvalue weighted by Gasteiger charge is 2.52. The number of ketones is 1. The molecule has 6 atom stereocenters. The van der Waals surface area contributed by atoms with Gasteiger partial charge in [-0.2, -0.15) is 13.6 Å². The van der Waals surface area contributed by atoms with Gasteiger partial charge in [-0.3, -0.25) is 23.5 Å². The van der Waals surface area contributed by atoms with Gasteiger partial charge in [-0.05, 0) is 68.2 Å². The average molecular weight is 1170 g/mol. The predicted octanol–water partition coefficient (Wildman–Crippen LogP) is 3.66. The van der Waals surface area contributed by atoms with E-state index in [0.717, 1.165) is 19.1 Å². The molecule has 0 saturated carbocycles. The van der Waals surface area contributed by atoms with Crippen LogP contribution in [-0.2, 0) is 55.4 Å². The lowest BCUT2D eigenvalue weighted by Crippen LogP contribution is -2.50. The monoisotopic (exact) mass is 1170 g/mol. The number of nitrogen functional groups attached to an aromatic ring is 1. The maximum atomic E-state index is 15.7. The van der Waals surface area contributed by atoms with Crippen molar-refractivity contribution in [2.45, 2.75) is 77.5 Å². The first kappa shape index (κ1) is 62.0. The van der Waals surface area contributed by atoms with Crippen molar-refractivity contribution in [2.75, 3.05) is 58.5 Å². The standard InChI is InChI=1S/C44H56BF2N10O19P3/c1-4-70-37-23-41(74-38(37)25-73-78(65,66)76-79(67,68)75-77(62,63)64)55-24-31(42(48)52-44(55)61)9-6-16-50-39(59)26-69-18-19-71-40(53-54-49)27-72-35-11-5-8-30(21-35)43(60)51-17-7-10-34(58)15-14-32-12-13-33-22-36-28(2)20-29(3)56(36)45(46,47)57(32)33/h5,8,11-13,20-22,24,37-38,40-41H,4,7,10,14-19,23,25-27H2,1-3H3,(H,50,59)(H,51,60)(H,65,66)(H,67,68)(H2,48,52,61)(H2,62,63,64)/t37?,38-,40?,41-/m1/s1. The van der Waals surface area contributed by atoms with Crippen molar-refractivity contribution < 1.29 is 97.6 Å². The van der Waals surface area contributed by atoms with E-state index in [1.54, 1.807) is 63.3 Å². The zero-order chi connectivity index (χ0) is 57.7. The van der Waals surface area contributed by atoms with Crippen LogP contribution in [0.3, 0.4) is 0 Å². The number of phosphoric acid groups is 3. The highest BCUT2D eigenvalue weighted by molar-refractivity contribution is 7.66. The number of azide groups is 1. The Morgan fingerprint density at radius 1 is 1.09 bits per heavy atom. The highest BCUT2D eigenvalue weighted by Crippen LogP contribution is 2.66. The van der Waals surface area contributed by atoms with Crippen molar-refractivity contribution in [3.63, 3.8) is 0 Å². The van der Waals surface area contributed by atoms with Gasteiger partial charge in [0.15, 0.2) is 11.9 Å². The fraction of sp³-hybridized carbons (Fsp3) is 0.455. The number of halogens is 2. The number of phosphoric ester groups is 1. The number of hydrogen-bond acceptors (Lipinski definition) is 18. The second kappa shape index (κ2) is 27.3. The van der Waals surface area contributed by atoms with Gasteiger partial charge in [-0.15, -0.1) is 0 Å². The normalized spacial score (nSPS) is 19.2. The molecule has 1 fully saturated rings. The molecule has 428 valence electrons. The number of ether oxygens (including phenoxy) is 5. The van der Waals surface area contributed by atoms with Crippen LogP contribution in [0.2, 0.25) is 0 Å². The van der Waals surface area contributed by atoms with E-state index in [2.05, 4.69) is 50.6 Å². The minimum absolute atomic E-state index is 0.0345. The fourth-order valence-corrected chi connectivity index (χ4v) is 11.4. The number of nitrogens with two attached hydrogens (primary N) is 1. The van der Waals surface area contributed by atoms with Crippen LogP contribution in [0.25, 0.3) is 16.5 Å². The zero-order valence-corrected chi connectivity index (χ0v) is 45.2. The Kier molecular flexibility index (Phi) is 21.4. The Hall–Kier alpha value is -6.22. The minimum Gasteiger partial charge on any atom is -0.491 e. The molecule has 0 bridgehead atoms. The number of aromatic nitrogens is 3. The number of anilines is 1. The lowest BCUT2D eigenvalue weighted by molar-refractivity contribution is -0.362. The van der Waals surface area contributed by atoms with Gasteiger partial charge in [-0.1, -0.05) is 23.0 Å². The Labute approximate surface area is 448 Å². The van der Waals surface area contributed by atoms with Gasteiger partial charge in [0.25, 0.3) is 5.91 Å². The molecule has 3 aliphatic heterocycles. The molecule has 35 heteroatoms. The molecule has 3 aliphatic rings. The van der Waals surface area contributed by atoms with Crippen LogP contribution in [0.1, 0.15) is 78.1 Å². The Bertz CT molecular complexity index is 3210. The average Bonchev–Trinajstić information content (AvgIpc) is 4.20. The largest absolute Gasteiger partial charge is 0.737 e. The molecule has 1 saturated heterocycles. The first-order valence-corrected chi connectivity index (χ1v) is 28.5. The van der Waals surface area contributed by atoms with Gasteiger partial charge >= 0.3 is 36.1 Å². The number of amides is 2. The van der Waals surface area contributed by atoms with Gasteiger partial charge in [0.2, 0.25) is 5.91 Å². The number of carbonyl (C=O) groups is 3. The molecule has 4 unspecified atom stereocenters. The lowest BCUT2D eigenvalue weighted by Gasteiger charge is -2.30. The molecule has 2 aromatic heterocycles. The number of Topliss-reactive ketones (excluding diaryl/α,β-unsaturated/α-hetero) is 1. The minimum atomic E-state index is -5.78. The topological polar surface area (TPSA) is 399 Å². The zero-order valence-electron chi connectivity index (χ0n) is 42.5. The van der Waals surface area contributed by atoms with E-state index in [1.165, 1.54) is 12.3 Å². The van der Waals surface area contributed by atoms with Crippen LogP contribution < -0.4 is 26.8 Å². The highest BCUT2D eigenvalue weighted by atomic mass is 31.3. The van der Waals surface area contributed by atoms with Crippen LogP contribution in [0.15, 0.2) is 64.3 Å². The SMILES string of the molecule is CCOC1C[C@H](n2cc(C#CCNC(=O)COCCOC(COc3cccc(C(=O)NCCCC(=O)CCC4=[N+]5C(=Cc6c(C)cc(C)n6[B-]5(F)F)C=C4)c3)N=[N+]=[N-])c(N)nc2=O)O[C@@H]1COP(=O)(O)OP(=O)(O)OP(=O)(O)O. The molecule has 0 radical (unpaired) electrons. The van der Waals surface area contributed by atoms with Crippen LogP contribution in [-0.4, -0.2) is 140 Å². The Morgan fingerprint density at radius 3 is 2.59 bits per heavy atom. The van der Waals surface area contributed by atoms with Crippen molar-refractivity contribution >= 4 is 65.6 Å². The number of aryl methyl sites for hydroxylation is 2. The van der Waals surface area contributed by atoms with Crippen molar-refractivity contribution in [1.82, 2.24) is 24.7 Å². The molecule has 0 aliphatic carbocycles. The summed E-state index contributed by atoms with van der Waals surface area (Å²) in [6.07, 6.45) is 2.42. The van der Waals surface area contributed by atoms with Gasteiger partial charge in [0, 0.05) is 79.4 Å². The number of nitrogens with zero attached hydrogens (tertiary/aromatic N) is 7. The molecule has 79 heavy (non-hydrogen) atoms. The number of carbonyl (C=O) groups excluding carboxylic acids is 3. The van der Waals surface area contributed by atoms with Gasteiger partial charge in [0.05, 0.1) is 38.0 Å². The van der Waals surface area contributed by atoms with Crippen molar-refractivity contribution in [3.8, 4) is 17.6 Å². The third kappa shape index (κ3) is 17.6. The number of nitrogens with one attached hydrogen (secondary N) is 2. The lowest BCUT2D eigenvalue weighted by atomic mass is 9.90. The van der Waals surface area contributed by atoms with Crippen LogP contribution in [0, 0.1) is 25.7 Å². The second-order valence-corrected chi connectivity index (χ2v) is 21.9. The molecular weight excluding hydrogens is 1110 g/mol. The van der Waals surface area contributed by atoms with Crippen LogP contribution >= 0.6 is 23.5 Å². The second-order valence-electron chi connectivity index (χ2n) is 17.4. The molecular formula is C44H56BF2N10O19P3. The molecule has 1 aromatic carbocycles. The van der Waals surface area contributed by atoms with Crippen molar-refractivity contribution in [2.24, 2.45) is 5.11 Å². The Morgan fingerprint density at radius 2 is 1.86 bits per heavy atom. The molecule has 6 rings (SSSR count). The third-order valence-corrected chi connectivity index (χ3v) is 15.5. The Balaban J connectivity index is 0.870. The number of allylic oxidation sites excluding steroid dienone is 2. The summed E-state index contributed by atoms with van der Waals surface area (Å²) in [5, 5.41) is 8.79. The number of hydrogen-bond donors (Lipinski definition) is 7. The molecule has 8 N–H and O–H groups in total.